The number of hydrogen-bond acceptors (Lipinski definition) is 4. The van der Waals surface area contributed by atoms with Crippen molar-refractivity contribution in [1.29, 1.82) is 0 Å². The molecule has 33 heavy (non-hydrogen) atoms. The zero-order chi connectivity index (χ0) is 23.6. The van der Waals surface area contributed by atoms with Gasteiger partial charge in [0.15, 0.2) is 5.79 Å². The van der Waals surface area contributed by atoms with E-state index in [1.54, 1.807) is 0 Å². The summed E-state index contributed by atoms with van der Waals surface area (Å²) in [7, 11) is 0. The fourth-order valence-electron chi connectivity index (χ4n) is 9.87. The molecular formula is C29H50O4. The van der Waals surface area contributed by atoms with Gasteiger partial charge in [0, 0.05) is 12.8 Å². The first-order chi connectivity index (χ1) is 15.6. The lowest BCUT2D eigenvalue weighted by Crippen LogP contribution is -2.60. The van der Waals surface area contributed by atoms with E-state index in [4.69, 9.17) is 9.47 Å². The molecule has 1 spiro atoms. The SMILES string of the molecule is CC(C)[C@H](O)CC[C@@H](C)[C@H]1CC[C@H]2[C@@H]3[C@H](O)C[C@H]4CC5(CC[C@]4(C)[C@H]3CC[C@]12C)OCCO5. The lowest BCUT2D eigenvalue weighted by molar-refractivity contribution is -0.243. The Kier molecular flexibility index (Phi) is 6.50. The molecule has 5 aliphatic rings. The van der Waals surface area contributed by atoms with Gasteiger partial charge in [-0.15, -0.1) is 0 Å². The van der Waals surface area contributed by atoms with Crippen LogP contribution in [-0.2, 0) is 9.47 Å². The molecule has 5 fully saturated rings. The molecule has 4 heteroatoms. The van der Waals surface area contributed by atoms with Crippen molar-refractivity contribution >= 4 is 0 Å². The maximum absolute atomic E-state index is 11.6. The normalized spacial score (nSPS) is 48.4. The summed E-state index contributed by atoms with van der Waals surface area (Å²) in [5, 5.41) is 22.0. The van der Waals surface area contributed by atoms with E-state index in [0.29, 0.717) is 46.3 Å². The second-order valence-electron chi connectivity index (χ2n) is 13.7. The predicted octanol–water partition coefficient (Wildman–Crippen LogP) is 5.79. The van der Waals surface area contributed by atoms with E-state index >= 15 is 0 Å². The molecule has 0 aromatic carbocycles. The second kappa shape index (κ2) is 8.75. The lowest BCUT2D eigenvalue weighted by Gasteiger charge is -2.63. The first-order valence-corrected chi connectivity index (χ1v) is 14.2. The summed E-state index contributed by atoms with van der Waals surface area (Å²) in [6, 6.07) is 0. The van der Waals surface area contributed by atoms with Crippen LogP contribution in [0.25, 0.3) is 0 Å². The van der Waals surface area contributed by atoms with Gasteiger partial charge in [0.1, 0.15) is 0 Å². The Morgan fingerprint density at radius 3 is 2.27 bits per heavy atom. The first-order valence-electron chi connectivity index (χ1n) is 14.2. The summed E-state index contributed by atoms with van der Waals surface area (Å²) in [5.41, 5.74) is 0.665. The van der Waals surface area contributed by atoms with E-state index in [2.05, 4.69) is 34.6 Å². The van der Waals surface area contributed by atoms with E-state index < -0.39 is 0 Å². The van der Waals surface area contributed by atoms with Gasteiger partial charge in [-0.05, 0) is 104 Å². The Labute approximate surface area is 202 Å². The molecule has 0 radical (unpaired) electrons. The van der Waals surface area contributed by atoms with Crippen LogP contribution in [0.2, 0.25) is 0 Å². The minimum absolute atomic E-state index is 0.173. The maximum atomic E-state index is 11.6. The van der Waals surface area contributed by atoms with Crippen molar-refractivity contribution in [2.75, 3.05) is 13.2 Å². The van der Waals surface area contributed by atoms with Crippen molar-refractivity contribution in [3.05, 3.63) is 0 Å². The van der Waals surface area contributed by atoms with Crippen molar-refractivity contribution in [1.82, 2.24) is 0 Å². The molecule has 0 amide bonds. The Hall–Kier alpha value is -0.160. The van der Waals surface area contributed by atoms with Crippen LogP contribution in [0.3, 0.4) is 0 Å². The smallest absolute Gasteiger partial charge is 0.168 e. The van der Waals surface area contributed by atoms with E-state index in [1.807, 2.05) is 0 Å². The molecular weight excluding hydrogens is 412 g/mol. The summed E-state index contributed by atoms with van der Waals surface area (Å²) in [4.78, 5) is 0. The molecule has 4 saturated carbocycles. The van der Waals surface area contributed by atoms with Gasteiger partial charge < -0.3 is 19.7 Å². The van der Waals surface area contributed by atoms with E-state index in [1.165, 1.54) is 32.1 Å². The molecule has 4 aliphatic carbocycles. The summed E-state index contributed by atoms with van der Waals surface area (Å²) < 4.78 is 12.2. The Balaban J connectivity index is 1.31. The largest absolute Gasteiger partial charge is 0.393 e. The molecule has 0 bridgehead atoms. The van der Waals surface area contributed by atoms with Gasteiger partial charge in [-0.3, -0.25) is 0 Å². The lowest BCUT2D eigenvalue weighted by atomic mass is 9.43. The number of fused-ring (bicyclic) bond motifs is 5. The topological polar surface area (TPSA) is 58.9 Å². The third-order valence-electron chi connectivity index (χ3n) is 11.9. The molecule has 2 N–H and O–H groups in total. The Morgan fingerprint density at radius 1 is 0.879 bits per heavy atom. The monoisotopic (exact) mass is 462 g/mol. The van der Waals surface area contributed by atoms with Gasteiger partial charge in [-0.2, -0.15) is 0 Å². The highest BCUT2D eigenvalue weighted by molar-refractivity contribution is 5.12. The van der Waals surface area contributed by atoms with Gasteiger partial charge in [0.05, 0.1) is 25.4 Å². The Bertz CT molecular complexity index is 702. The minimum atomic E-state index is -0.353. The van der Waals surface area contributed by atoms with Gasteiger partial charge in [0.25, 0.3) is 0 Å². The summed E-state index contributed by atoms with van der Waals surface area (Å²) >= 11 is 0. The molecule has 1 heterocycles. The molecule has 1 aliphatic heterocycles. The molecule has 5 rings (SSSR count). The number of hydrogen-bond donors (Lipinski definition) is 2. The Morgan fingerprint density at radius 2 is 1.58 bits per heavy atom. The van der Waals surface area contributed by atoms with Crippen molar-refractivity contribution in [3.8, 4) is 0 Å². The zero-order valence-corrected chi connectivity index (χ0v) is 21.9. The van der Waals surface area contributed by atoms with Crippen molar-refractivity contribution in [2.45, 2.75) is 117 Å². The van der Waals surface area contributed by atoms with Crippen molar-refractivity contribution < 1.29 is 19.7 Å². The van der Waals surface area contributed by atoms with E-state index in [0.717, 1.165) is 51.2 Å². The number of ether oxygens (including phenoxy) is 2. The van der Waals surface area contributed by atoms with Crippen molar-refractivity contribution in [2.24, 2.45) is 52.3 Å². The maximum Gasteiger partial charge on any atom is 0.168 e. The molecule has 0 unspecified atom stereocenters. The van der Waals surface area contributed by atoms with Crippen LogP contribution in [0.15, 0.2) is 0 Å². The van der Waals surface area contributed by atoms with E-state index in [9.17, 15) is 10.2 Å². The fourth-order valence-corrected chi connectivity index (χ4v) is 9.87. The second-order valence-corrected chi connectivity index (χ2v) is 13.7. The quantitative estimate of drug-likeness (QED) is 0.543. The predicted molar refractivity (Wildman–Crippen MR) is 130 cm³/mol. The van der Waals surface area contributed by atoms with Crippen LogP contribution in [-0.4, -0.2) is 41.4 Å². The summed E-state index contributed by atoms with van der Waals surface area (Å²) in [5.74, 6) is 3.65. The van der Waals surface area contributed by atoms with Gasteiger partial charge >= 0.3 is 0 Å². The van der Waals surface area contributed by atoms with Gasteiger partial charge in [-0.1, -0.05) is 34.6 Å². The molecule has 0 aromatic rings. The molecule has 1 saturated heterocycles. The average molecular weight is 463 g/mol. The highest BCUT2D eigenvalue weighted by Gasteiger charge is 2.64. The van der Waals surface area contributed by atoms with Gasteiger partial charge in [0.2, 0.25) is 0 Å². The minimum Gasteiger partial charge on any atom is -0.393 e. The van der Waals surface area contributed by atoms with Crippen molar-refractivity contribution in [3.63, 3.8) is 0 Å². The number of aliphatic hydroxyl groups is 2. The molecule has 4 nitrogen and oxygen atoms in total. The van der Waals surface area contributed by atoms with Crippen LogP contribution < -0.4 is 0 Å². The third-order valence-corrected chi connectivity index (χ3v) is 11.9. The van der Waals surface area contributed by atoms with Crippen LogP contribution >= 0.6 is 0 Å². The summed E-state index contributed by atoms with van der Waals surface area (Å²) in [6.45, 7) is 13.3. The van der Waals surface area contributed by atoms with Crippen LogP contribution in [0.4, 0.5) is 0 Å². The van der Waals surface area contributed by atoms with Gasteiger partial charge in [-0.25, -0.2) is 0 Å². The zero-order valence-electron chi connectivity index (χ0n) is 21.9. The van der Waals surface area contributed by atoms with Crippen LogP contribution in [0.5, 0.6) is 0 Å². The molecule has 10 atom stereocenters. The van der Waals surface area contributed by atoms with Crippen LogP contribution in [0, 0.1) is 52.3 Å². The fraction of sp³-hybridized carbons (Fsp3) is 1.00. The average Bonchev–Trinajstić information content (AvgIpc) is 3.37. The number of aliphatic hydroxyl groups excluding tert-OH is 2. The molecule has 190 valence electrons. The highest BCUT2D eigenvalue weighted by Crippen LogP contribution is 2.69. The first kappa shape index (κ1) is 24.5. The van der Waals surface area contributed by atoms with E-state index in [-0.39, 0.29) is 18.0 Å². The van der Waals surface area contributed by atoms with Crippen LogP contribution in [0.1, 0.15) is 98.8 Å². The molecule has 0 aromatic heterocycles. The summed E-state index contributed by atoms with van der Waals surface area (Å²) in [6.07, 6.45) is 11.0. The standard InChI is InChI=1S/C29H50O4/c1-18(2)24(30)9-6-19(3)21-7-8-22-26-23(10-11-28(21,22)5)27(4)12-13-29(32-14-15-33-29)17-20(27)16-25(26)31/h18-26,30-31H,6-17H2,1-5H3/t19-,20+,21-,22+,23+,24-,25-,26+,27+,28-/m1/s1. The third kappa shape index (κ3) is 3.94. The highest BCUT2D eigenvalue weighted by atomic mass is 16.7. The number of rotatable bonds is 5.